The lowest BCUT2D eigenvalue weighted by Gasteiger charge is -2.00. The number of aromatic amines is 1. The molecule has 0 unspecified atom stereocenters. The molecule has 0 aliphatic rings. The Hall–Kier alpha value is -3.13. The number of rotatable bonds is 4. The average Bonchev–Trinajstić information content (AvgIpc) is 2.95. The zero-order chi connectivity index (χ0) is 16.2. The van der Waals surface area contributed by atoms with Gasteiger partial charge in [-0.15, -0.1) is 0 Å². The molecule has 0 saturated carbocycles. The zero-order valence-corrected chi connectivity index (χ0v) is 12.6. The number of carboxylic acids is 1. The van der Waals surface area contributed by atoms with Gasteiger partial charge in [-0.05, 0) is 42.0 Å². The van der Waals surface area contributed by atoms with E-state index in [0.29, 0.717) is 10.6 Å². The first kappa shape index (κ1) is 14.8. The third-order valence-corrected chi connectivity index (χ3v) is 3.31. The van der Waals surface area contributed by atoms with Gasteiger partial charge in [0, 0.05) is 18.0 Å². The molecule has 2 N–H and O–H groups in total. The molecular formula is C15H11N5O2S. The molecule has 0 aliphatic carbocycles. The average molecular weight is 325 g/mol. The fourth-order valence-electron chi connectivity index (χ4n) is 1.92. The summed E-state index contributed by atoms with van der Waals surface area (Å²) in [5.41, 5.74) is 1.74. The number of pyridine rings is 1. The normalized spacial score (nSPS) is 11.0. The van der Waals surface area contributed by atoms with Gasteiger partial charge >= 0.3 is 5.97 Å². The molecule has 2 aromatic heterocycles. The second-order valence-corrected chi connectivity index (χ2v) is 4.96. The van der Waals surface area contributed by atoms with Crippen LogP contribution in [0.15, 0.2) is 53.9 Å². The van der Waals surface area contributed by atoms with E-state index in [2.05, 4.69) is 20.3 Å². The Bertz CT molecular complexity index is 913. The van der Waals surface area contributed by atoms with E-state index in [4.69, 9.17) is 17.3 Å². The number of H-pyrrole nitrogens is 1. The molecule has 23 heavy (non-hydrogen) atoms. The third-order valence-electron chi connectivity index (χ3n) is 3.05. The Balaban J connectivity index is 1.93. The topological polar surface area (TPSA) is 96.2 Å². The standard InChI is InChI=1S/C15H11N5O2S/c21-14(22)11-5-3-10(4-6-11)8-17-20-13(18-19-15(20)23)12-2-1-7-16-9-12/h1-9H,(H,19,23)(H,21,22)/b17-8+. The van der Waals surface area contributed by atoms with Crippen molar-refractivity contribution in [3.63, 3.8) is 0 Å². The number of aromatic carboxylic acids is 1. The summed E-state index contributed by atoms with van der Waals surface area (Å²) in [6.45, 7) is 0. The van der Waals surface area contributed by atoms with Gasteiger partial charge in [0.05, 0.1) is 11.8 Å². The molecule has 2 heterocycles. The molecule has 7 nitrogen and oxygen atoms in total. The molecule has 0 spiro atoms. The van der Waals surface area contributed by atoms with Gasteiger partial charge in [-0.3, -0.25) is 4.98 Å². The molecular weight excluding hydrogens is 314 g/mol. The highest BCUT2D eigenvalue weighted by atomic mass is 32.1. The van der Waals surface area contributed by atoms with Gasteiger partial charge in [0.1, 0.15) is 0 Å². The minimum atomic E-state index is -0.968. The van der Waals surface area contributed by atoms with Gasteiger partial charge in [0.15, 0.2) is 5.82 Å². The van der Waals surface area contributed by atoms with Crippen LogP contribution in [0.2, 0.25) is 0 Å². The number of carboxylic acid groups (broad SMARTS) is 1. The van der Waals surface area contributed by atoms with Crippen LogP contribution in [-0.2, 0) is 0 Å². The second-order valence-electron chi connectivity index (χ2n) is 4.58. The van der Waals surface area contributed by atoms with Gasteiger partial charge in [-0.25, -0.2) is 9.89 Å². The number of aromatic nitrogens is 4. The second kappa shape index (κ2) is 6.32. The molecule has 0 fully saturated rings. The Morgan fingerprint density at radius 1 is 1.30 bits per heavy atom. The molecule has 1 aromatic carbocycles. The summed E-state index contributed by atoms with van der Waals surface area (Å²) in [6, 6.07) is 10.0. The lowest BCUT2D eigenvalue weighted by Crippen LogP contribution is -1.97. The minimum absolute atomic E-state index is 0.220. The molecule has 8 heteroatoms. The van der Waals surface area contributed by atoms with Crippen molar-refractivity contribution in [1.29, 1.82) is 0 Å². The number of nitrogens with one attached hydrogen (secondary N) is 1. The highest BCUT2D eigenvalue weighted by Gasteiger charge is 2.07. The van der Waals surface area contributed by atoms with Gasteiger partial charge in [-0.1, -0.05) is 12.1 Å². The van der Waals surface area contributed by atoms with Gasteiger partial charge in [0.2, 0.25) is 4.77 Å². The van der Waals surface area contributed by atoms with Crippen molar-refractivity contribution in [3.8, 4) is 11.4 Å². The van der Waals surface area contributed by atoms with E-state index in [9.17, 15) is 4.79 Å². The first-order chi connectivity index (χ1) is 11.1. The summed E-state index contributed by atoms with van der Waals surface area (Å²) in [7, 11) is 0. The van der Waals surface area contributed by atoms with Crippen LogP contribution in [0.25, 0.3) is 11.4 Å². The third kappa shape index (κ3) is 3.22. The fraction of sp³-hybridized carbons (Fsp3) is 0. The van der Waals surface area contributed by atoms with Crippen LogP contribution in [-0.4, -0.2) is 37.1 Å². The van der Waals surface area contributed by atoms with E-state index in [0.717, 1.165) is 11.1 Å². The lowest BCUT2D eigenvalue weighted by molar-refractivity contribution is 0.0697. The number of carbonyl (C=O) groups is 1. The SMILES string of the molecule is O=C(O)c1ccc(/C=N/n2c(-c3cccnc3)n[nH]c2=S)cc1. The molecule has 3 aromatic rings. The molecule has 0 atom stereocenters. The maximum absolute atomic E-state index is 10.8. The maximum atomic E-state index is 10.8. The predicted molar refractivity (Wildman–Crippen MR) is 87.0 cm³/mol. The molecule has 0 radical (unpaired) electrons. The van der Waals surface area contributed by atoms with Crippen molar-refractivity contribution in [2.75, 3.05) is 0 Å². The van der Waals surface area contributed by atoms with Crippen molar-refractivity contribution in [2.45, 2.75) is 0 Å². The van der Waals surface area contributed by atoms with Gasteiger partial charge < -0.3 is 5.11 Å². The number of benzene rings is 1. The van der Waals surface area contributed by atoms with Crippen LogP contribution in [0.5, 0.6) is 0 Å². The summed E-state index contributed by atoms with van der Waals surface area (Å²) >= 11 is 5.18. The highest BCUT2D eigenvalue weighted by Crippen LogP contribution is 2.15. The van der Waals surface area contributed by atoms with Crippen molar-refractivity contribution in [2.24, 2.45) is 5.10 Å². The molecule has 3 rings (SSSR count). The van der Waals surface area contributed by atoms with Crippen LogP contribution in [0.4, 0.5) is 0 Å². The summed E-state index contributed by atoms with van der Waals surface area (Å²) in [6.07, 6.45) is 4.91. The van der Waals surface area contributed by atoms with Crippen molar-refractivity contribution < 1.29 is 9.90 Å². The van der Waals surface area contributed by atoms with E-state index < -0.39 is 5.97 Å². The monoisotopic (exact) mass is 325 g/mol. The highest BCUT2D eigenvalue weighted by molar-refractivity contribution is 7.71. The predicted octanol–water partition coefficient (Wildman–Crippen LogP) is 2.58. The zero-order valence-electron chi connectivity index (χ0n) is 11.7. The minimum Gasteiger partial charge on any atom is -0.478 e. The van der Waals surface area contributed by atoms with Crippen LogP contribution in [0.3, 0.4) is 0 Å². The Morgan fingerprint density at radius 2 is 2.09 bits per heavy atom. The Labute approximate surface area is 136 Å². The first-order valence-corrected chi connectivity index (χ1v) is 7.01. The number of nitrogens with zero attached hydrogens (tertiary/aromatic N) is 4. The number of hydrogen-bond acceptors (Lipinski definition) is 5. The van der Waals surface area contributed by atoms with E-state index in [-0.39, 0.29) is 5.56 Å². The smallest absolute Gasteiger partial charge is 0.335 e. The molecule has 0 amide bonds. The fourth-order valence-corrected chi connectivity index (χ4v) is 2.10. The van der Waals surface area contributed by atoms with Gasteiger partial charge in [0.25, 0.3) is 0 Å². The van der Waals surface area contributed by atoms with Crippen LogP contribution in [0.1, 0.15) is 15.9 Å². The van der Waals surface area contributed by atoms with E-state index in [1.807, 2.05) is 6.07 Å². The first-order valence-electron chi connectivity index (χ1n) is 6.60. The molecule has 0 bridgehead atoms. The summed E-state index contributed by atoms with van der Waals surface area (Å²) in [5, 5.41) is 20.0. The summed E-state index contributed by atoms with van der Waals surface area (Å²) in [4.78, 5) is 14.9. The molecule has 114 valence electrons. The quantitative estimate of drug-likeness (QED) is 0.568. The van der Waals surface area contributed by atoms with Crippen LogP contribution >= 0.6 is 12.2 Å². The van der Waals surface area contributed by atoms with Gasteiger partial charge in [-0.2, -0.15) is 14.9 Å². The maximum Gasteiger partial charge on any atom is 0.335 e. The summed E-state index contributed by atoms with van der Waals surface area (Å²) in [5.74, 6) is -0.425. The van der Waals surface area contributed by atoms with E-state index in [1.54, 1.807) is 36.8 Å². The Morgan fingerprint density at radius 3 is 2.74 bits per heavy atom. The largest absolute Gasteiger partial charge is 0.478 e. The molecule has 0 aliphatic heterocycles. The van der Waals surface area contributed by atoms with Crippen LogP contribution in [0, 0.1) is 4.77 Å². The van der Waals surface area contributed by atoms with Crippen LogP contribution < -0.4 is 0 Å². The van der Waals surface area contributed by atoms with Crippen molar-refractivity contribution in [1.82, 2.24) is 19.9 Å². The Kier molecular flexibility index (Phi) is 4.07. The lowest BCUT2D eigenvalue weighted by atomic mass is 10.1. The molecule has 0 saturated heterocycles. The van der Waals surface area contributed by atoms with Crippen molar-refractivity contribution in [3.05, 3.63) is 64.7 Å². The van der Waals surface area contributed by atoms with E-state index in [1.165, 1.54) is 16.8 Å². The summed E-state index contributed by atoms with van der Waals surface area (Å²) < 4.78 is 1.83. The van der Waals surface area contributed by atoms with Crippen molar-refractivity contribution >= 4 is 24.4 Å². The number of hydrogen-bond donors (Lipinski definition) is 2. The van der Waals surface area contributed by atoms with E-state index >= 15 is 0 Å².